The van der Waals surface area contributed by atoms with Gasteiger partial charge >= 0.3 is 11.9 Å². The molecule has 0 saturated carbocycles. The maximum Gasteiger partial charge on any atom is 0.338 e. The number of aryl methyl sites for hydroxylation is 1. The van der Waals surface area contributed by atoms with E-state index in [2.05, 4.69) is 17.0 Å². The van der Waals surface area contributed by atoms with E-state index in [0.29, 0.717) is 25.2 Å². The number of hydrogen-bond acceptors (Lipinski definition) is 6. The first-order valence-electron chi connectivity index (χ1n) is 12.9. The molecule has 0 spiro atoms. The summed E-state index contributed by atoms with van der Waals surface area (Å²) in [5.74, 6) is 0.532. The van der Waals surface area contributed by atoms with E-state index in [1.165, 1.54) is 16.7 Å². The second-order valence-electron chi connectivity index (χ2n) is 8.90. The fourth-order valence-electron chi connectivity index (χ4n) is 4.92. The summed E-state index contributed by atoms with van der Waals surface area (Å²) in [5.41, 5.74) is 4.36. The second-order valence-corrected chi connectivity index (χ2v) is 8.90. The van der Waals surface area contributed by atoms with Crippen LogP contribution in [0.2, 0.25) is 0 Å². The normalized spacial score (nSPS) is 14.9. The Morgan fingerprint density at radius 2 is 1.80 bits per heavy atom. The third kappa shape index (κ3) is 7.56. The van der Waals surface area contributed by atoms with Gasteiger partial charge in [0.05, 0.1) is 25.9 Å². The Balaban J connectivity index is 1.76. The lowest BCUT2D eigenvalue weighted by molar-refractivity contribution is -0.143. The molecule has 0 heterocycles. The number of carbonyl (C=O) groups is 2. The third-order valence-electron chi connectivity index (χ3n) is 6.62. The van der Waals surface area contributed by atoms with Crippen molar-refractivity contribution in [1.82, 2.24) is 4.90 Å². The van der Waals surface area contributed by atoms with Gasteiger partial charge in [0, 0.05) is 19.0 Å². The van der Waals surface area contributed by atoms with Crippen molar-refractivity contribution >= 4 is 11.9 Å². The summed E-state index contributed by atoms with van der Waals surface area (Å²) in [6.07, 6.45) is 6.21. The fraction of sp³-hybridized carbons (Fsp3) is 0.517. The predicted molar refractivity (Wildman–Crippen MR) is 137 cm³/mol. The number of benzene rings is 2. The van der Waals surface area contributed by atoms with Crippen molar-refractivity contribution in [2.75, 3.05) is 33.4 Å². The first-order valence-corrected chi connectivity index (χ1v) is 12.9. The average Bonchev–Trinajstić information content (AvgIpc) is 2.88. The van der Waals surface area contributed by atoms with Crippen LogP contribution in [-0.2, 0) is 27.1 Å². The summed E-state index contributed by atoms with van der Waals surface area (Å²) >= 11 is 0. The van der Waals surface area contributed by atoms with Gasteiger partial charge in [0.1, 0.15) is 5.75 Å². The van der Waals surface area contributed by atoms with E-state index in [1.54, 1.807) is 7.11 Å². The van der Waals surface area contributed by atoms with E-state index < -0.39 is 0 Å². The molecule has 190 valence electrons. The Morgan fingerprint density at radius 3 is 2.57 bits per heavy atom. The first-order chi connectivity index (χ1) is 17.1. The van der Waals surface area contributed by atoms with E-state index >= 15 is 0 Å². The van der Waals surface area contributed by atoms with Gasteiger partial charge in [0.15, 0.2) is 0 Å². The molecule has 6 nitrogen and oxygen atoms in total. The molecule has 0 amide bonds. The van der Waals surface area contributed by atoms with Crippen LogP contribution in [0.5, 0.6) is 5.75 Å². The zero-order chi connectivity index (χ0) is 25.0. The molecule has 35 heavy (non-hydrogen) atoms. The van der Waals surface area contributed by atoms with Gasteiger partial charge in [-0.15, -0.1) is 0 Å². The van der Waals surface area contributed by atoms with Crippen molar-refractivity contribution in [1.29, 1.82) is 0 Å². The number of esters is 2. The van der Waals surface area contributed by atoms with Gasteiger partial charge in [-0.1, -0.05) is 24.3 Å². The molecule has 1 atom stereocenters. The molecule has 6 heteroatoms. The van der Waals surface area contributed by atoms with Crippen LogP contribution in [0.4, 0.5) is 0 Å². The molecule has 0 radical (unpaired) electrons. The van der Waals surface area contributed by atoms with Gasteiger partial charge in [0.2, 0.25) is 0 Å². The summed E-state index contributed by atoms with van der Waals surface area (Å²) in [6, 6.07) is 14.5. The number of para-hydroxylation sites is 1. The molecule has 1 unspecified atom stereocenters. The minimum Gasteiger partial charge on any atom is -0.496 e. The lowest BCUT2D eigenvalue weighted by Gasteiger charge is -2.36. The highest BCUT2D eigenvalue weighted by Crippen LogP contribution is 2.35. The summed E-state index contributed by atoms with van der Waals surface area (Å²) in [7, 11) is 1.71. The molecule has 3 rings (SSSR count). The predicted octanol–water partition coefficient (Wildman–Crippen LogP) is 5.53. The number of ether oxygens (including phenoxy) is 3. The zero-order valence-electron chi connectivity index (χ0n) is 21.4. The monoisotopic (exact) mass is 481 g/mol. The average molecular weight is 482 g/mol. The van der Waals surface area contributed by atoms with E-state index in [-0.39, 0.29) is 18.0 Å². The third-order valence-corrected chi connectivity index (χ3v) is 6.62. The lowest BCUT2D eigenvalue weighted by Crippen LogP contribution is -2.34. The minimum atomic E-state index is -0.260. The first kappa shape index (κ1) is 26.7. The molecule has 0 saturated heterocycles. The number of nitrogens with zero attached hydrogens (tertiary/aromatic N) is 1. The number of carbonyl (C=O) groups excluding carboxylic acids is 2. The molecule has 1 aliphatic carbocycles. The van der Waals surface area contributed by atoms with E-state index in [4.69, 9.17) is 14.2 Å². The summed E-state index contributed by atoms with van der Waals surface area (Å²) < 4.78 is 15.9. The topological polar surface area (TPSA) is 65.1 Å². The number of methoxy groups -OCH3 is 1. The minimum absolute atomic E-state index is 0.123. The van der Waals surface area contributed by atoms with Crippen molar-refractivity contribution in [2.45, 2.75) is 64.8 Å². The largest absolute Gasteiger partial charge is 0.496 e. The zero-order valence-corrected chi connectivity index (χ0v) is 21.4. The molecule has 0 aromatic heterocycles. The van der Waals surface area contributed by atoms with Crippen molar-refractivity contribution in [3.63, 3.8) is 0 Å². The van der Waals surface area contributed by atoms with Gasteiger partial charge in [0.25, 0.3) is 0 Å². The van der Waals surface area contributed by atoms with Crippen molar-refractivity contribution < 1.29 is 23.8 Å². The smallest absolute Gasteiger partial charge is 0.338 e. The van der Waals surface area contributed by atoms with E-state index in [9.17, 15) is 9.59 Å². The standard InChI is InChI=1S/C29H39NO5/c1-4-34-28(31)15-8-9-19-30(20-18-22-11-6-7-14-27(22)33-3)26-13-10-12-23-21-24(16-17-25(23)26)29(32)35-5-2/h6-7,11,14,16-17,21,26H,4-5,8-10,12-13,15,18-20H2,1-3H3. The van der Waals surface area contributed by atoms with Crippen molar-refractivity contribution in [3.8, 4) is 5.75 Å². The van der Waals surface area contributed by atoms with Crippen LogP contribution >= 0.6 is 0 Å². The van der Waals surface area contributed by atoms with Crippen LogP contribution in [0, 0.1) is 0 Å². The van der Waals surface area contributed by atoms with Gasteiger partial charge in [-0.25, -0.2) is 4.79 Å². The number of fused-ring (bicyclic) bond motifs is 1. The van der Waals surface area contributed by atoms with Gasteiger partial charge in [-0.3, -0.25) is 9.69 Å². The van der Waals surface area contributed by atoms with Crippen molar-refractivity contribution in [2.24, 2.45) is 0 Å². The second kappa shape index (κ2) is 13.9. The Kier molecular flexibility index (Phi) is 10.6. The van der Waals surface area contributed by atoms with Crippen LogP contribution in [0.1, 0.15) is 79.0 Å². The Hall–Kier alpha value is -2.86. The molecule has 2 aromatic carbocycles. The highest BCUT2D eigenvalue weighted by atomic mass is 16.5. The van der Waals surface area contributed by atoms with Gasteiger partial charge in [-0.2, -0.15) is 0 Å². The number of rotatable bonds is 13. The van der Waals surface area contributed by atoms with Gasteiger partial charge in [-0.05, 0) is 93.8 Å². The Bertz CT molecular complexity index is 973. The molecule has 0 bridgehead atoms. The molecule has 2 aromatic rings. The maximum atomic E-state index is 12.3. The molecular weight excluding hydrogens is 442 g/mol. The van der Waals surface area contributed by atoms with Crippen molar-refractivity contribution in [3.05, 3.63) is 64.7 Å². The highest BCUT2D eigenvalue weighted by Gasteiger charge is 2.27. The van der Waals surface area contributed by atoms with E-state index in [1.807, 2.05) is 44.2 Å². The summed E-state index contributed by atoms with van der Waals surface area (Å²) in [6.45, 7) is 6.26. The Morgan fingerprint density at radius 1 is 1.00 bits per heavy atom. The van der Waals surface area contributed by atoms with E-state index in [0.717, 1.165) is 57.4 Å². The summed E-state index contributed by atoms with van der Waals surface area (Å²) in [5, 5.41) is 0. The number of unbranched alkanes of at least 4 members (excludes halogenated alkanes) is 1. The molecule has 0 N–H and O–H groups in total. The Labute approximate surface area is 209 Å². The quantitative estimate of drug-likeness (QED) is 0.277. The van der Waals surface area contributed by atoms with Crippen LogP contribution in [0.15, 0.2) is 42.5 Å². The van der Waals surface area contributed by atoms with Crippen LogP contribution in [0.25, 0.3) is 0 Å². The molecule has 0 fully saturated rings. The van der Waals surface area contributed by atoms with Crippen LogP contribution in [-0.4, -0.2) is 50.3 Å². The van der Waals surface area contributed by atoms with Crippen LogP contribution in [0.3, 0.4) is 0 Å². The molecular formula is C29H39NO5. The summed E-state index contributed by atoms with van der Waals surface area (Å²) in [4.78, 5) is 26.6. The highest BCUT2D eigenvalue weighted by molar-refractivity contribution is 5.89. The fourth-order valence-corrected chi connectivity index (χ4v) is 4.92. The van der Waals surface area contributed by atoms with Gasteiger partial charge < -0.3 is 14.2 Å². The SMILES string of the molecule is CCOC(=O)CCCCN(CCc1ccccc1OC)C1CCCc2cc(C(=O)OCC)ccc21. The number of hydrogen-bond donors (Lipinski definition) is 0. The van der Waals surface area contributed by atoms with Crippen LogP contribution < -0.4 is 4.74 Å². The molecule has 1 aliphatic rings. The lowest BCUT2D eigenvalue weighted by atomic mass is 9.85. The molecule has 0 aliphatic heterocycles. The maximum absolute atomic E-state index is 12.3.